The van der Waals surface area contributed by atoms with E-state index in [2.05, 4.69) is 32.2 Å². The fourth-order valence-electron chi connectivity index (χ4n) is 7.91. The van der Waals surface area contributed by atoms with E-state index in [1.165, 1.54) is 5.19 Å². The number of anilines is 2. The summed E-state index contributed by atoms with van der Waals surface area (Å²) >= 11 is 0. The Labute approximate surface area is 255 Å². The quantitative estimate of drug-likeness (QED) is 0.354. The molecule has 0 radical (unpaired) electrons. The minimum atomic E-state index is -2.22. The van der Waals surface area contributed by atoms with Gasteiger partial charge >= 0.3 is 0 Å². The molecule has 2 saturated heterocycles. The van der Waals surface area contributed by atoms with Gasteiger partial charge in [-0.1, -0.05) is 67.7 Å². The zero-order valence-electron chi connectivity index (χ0n) is 25.6. The molecule has 1 N–H and O–H groups in total. The van der Waals surface area contributed by atoms with Crippen LogP contribution in [0.15, 0.2) is 72.8 Å². The zero-order chi connectivity index (χ0) is 30.4. The van der Waals surface area contributed by atoms with Gasteiger partial charge in [-0.2, -0.15) is 0 Å². The molecular formula is C35H42N2O5Si. The monoisotopic (exact) mass is 598 g/mol. The van der Waals surface area contributed by atoms with Crippen molar-refractivity contribution >= 4 is 36.4 Å². The maximum absolute atomic E-state index is 14.8. The molecule has 6 rings (SSSR count). The number of hydrogen-bond donors (Lipinski definition) is 1. The smallest absolute Gasteiger partial charge is 0.264 e. The van der Waals surface area contributed by atoms with Crippen LogP contribution < -0.4 is 19.7 Å². The topological polar surface area (TPSA) is 79.3 Å². The van der Waals surface area contributed by atoms with Gasteiger partial charge in [0.2, 0.25) is 5.91 Å². The third-order valence-electron chi connectivity index (χ3n) is 10.0. The molecule has 1 spiro atoms. The standard InChI is InChI=1S/C35H42N2O5Si/c1-24-33(43(3,4)28-17-15-27(41-2)16-18-28)31(19-21-38)42-35(24)29-12-5-6-13-30(29)37(34(35)40)23-25-10-9-11-26(22-25)36-20-8-7-14-32(36)39/h5-6,9-13,15-18,22,24,31,33,38H,7-8,14,19-21,23H2,1-4H3/t24-,31+,33-,35+/m1/s1. The van der Waals surface area contributed by atoms with Gasteiger partial charge in [0.15, 0.2) is 5.60 Å². The molecule has 0 unspecified atom stereocenters. The lowest BCUT2D eigenvalue weighted by molar-refractivity contribution is -0.146. The summed E-state index contributed by atoms with van der Waals surface area (Å²) in [6.45, 7) is 7.97. The summed E-state index contributed by atoms with van der Waals surface area (Å²) in [6.07, 6.45) is 2.73. The van der Waals surface area contributed by atoms with Crippen LogP contribution in [-0.4, -0.2) is 51.4 Å². The van der Waals surface area contributed by atoms with Crippen LogP contribution >= 0.6 is 0 Å². The van der Waals surface area contributed by atoms with Gasteiger partial charge in [-0.15, -0.1) is 0 Å². The molecule has 0 aliphatic carbocycles. The lowest BCUT2D eigenvalue weighted by Crippen LogP contribution is -2.51. The van der Waals surface area contributed by atoms with Crippen LogP contribution in [0.25, 0.3) is 0 Å². The largest absolute Gasteiger partial charge is 0.497 e. The third kappa shape index (κ3) is 4.89. The molecule has 7 nitrogen and oxygen atoms in total. The van der Waals surface area contributed by atoms with Crippen LogP contribution in [0, 0.1) is 5.92 Å². The molecule has 3 heterocycles. The molecule has 0 bridgehead atoms. The SMILES string of the molecule is COc1ccc([Si](C)(C)[C@H]2[C@H](CCO)O[C@@]3(C(=O)N(Cc4cccc(N5CCCCC5=O)c4)c4ccccc43)[C@@H]2C)cc1. The lowest BCUT2D eigenvalue weighted by atomic mass is 9.82. The second kappa shape index (κ2) is 11.6. The molecule has 226 valence electrons. The number of rotatable bonds is 8. The fourth-order valence-corrected chi connectivity index (χ4v) is 12.0. The first-order valence-corrected chi connectivity index (χ1v) is 18.5. The normalized spacial score (nSPS) is 25.5. The van der Waals surface area contributed by atoms with Crippen LogP contribution in [0.2, 0.25) is 18.6 Å². The Kier molecular flexibility index (Phi) is 7.96. The number of carbonyl (C=O) groups excluding carboxylic acids is 2. The van der Waals surface area contributed by atoms with Gasteiger partial charge in [-0.25, -0.2) is 0 Å². The van der Waals surface area contributed by atoms with Crippen LogP contribution in [0.4, 0.5) is 11.4 Å². The highest BCUT2D eigenvalue weighted by molar-refractivity contribution is 6.91. The summed E-state index contributed by atoms with van der Waals surface area (Å²) in [5.41, 5.74) is 2.60. The zero-order valence-corrected chi connectivity index (χ0v) is 26.6. The van der Waals surface area contributed by atoms with Gasteiger partial charge in [0, 0.05) is 36.7 Å². The van der Waals surface area contributed by atoms with Crippen LogP contribution in [0.1, 0.15) is 43.7 Å². The van der Waals surface area contributed by atoms with Crippen LogP contribution in [-0.2, 0) is 26.5 Å². The first kappa shape index (κ1) is 29.6. The van der Waals surface area contributed by atoms with Crippen molar-refractivity contribution in [2.24, 2.45) is 5.92 Å². The first-order valence-electron chi connectivity index (χ1n) is 15.5. The minimum Gasteiger partial charge on any atom is -0.497 e. The molecule has 3 aliphatic heterocycles. The van der Waals surface area contributed by atoms with Gasteiger partial charge in [0.05, 0.1) is 33.5 Å². The average Bonchev–Trinajstić information content (AvgIpc) is 3.44. The molecular weight excluding hydrogens is 556 g/mol. The summed E-state index contributed by atoms with van der Waals surface area (Å²) in [7, 11) is -0.549. The predicted octanol–water partition coefficient (Wildman–Crippen LogP) is 5.36. The van der Waals surface area contributed by atoms with Gasteiger partial charge < -0.3 is 24.4 Å². The number of nitrogens with zero attached hydrogens (tertiary/aromatic N) is 2. The molecule has 43 heavy (non-hydrogen) atoms. The number of amides is 2. The second-order valence-electron chi connectivity index (χ2n) is 12.7. The third-order valence-corrected chi connectivity index (χ3v) is 14.4. The number of aliphatic hydroxyl groups is 1. The number of para-hydroxylation sites is 1. The molecule has 3 aromatic carbocycles. The van der Waals surface area contributed by atoms with Crippen molar-refractivity contribution in [3.05, 3.63) is 83.9 Å². The molecule has 4 atom stereocenters. The van der Waals surface area contributed by atoms with Crippen LogP contribution in [0.5, 0.6) is 5.75 Å². The Hall–Kier alpha value is -3.46. The van der Waals surface area contributed by atoms with Crippen molar-refractivity contribution in [3.8, 4) is 5.75 Å². The summed E-state index contributed by atoms with van der Waals surface area (Å²) in [5, 5.41) is 11.4. The number of fused-ring (bicyclic) bond motifs is 2. The molecule has 0 saturated carbocycles. The molecule has 2 amide bonds. The van der Waals surface area contributed by atoms with Crippen molar-refractivity contribution in [2.45, 2.75) is 69.5 Å². The maximum Gasteiger partial charge on any atom is 0.264 e. The Bertz CT molecular complexity index is 1510. The van der Waals surface area contributed by atoms with Crippen molar-refractivity contribution < 1.29 is 24.2 Å². The van der Waals surface area contributed by atoms with E-state index >= 15 is 0 Å². The van der Waals surface area contributed by atoms with Crippen molar-refractivity contribution in [3.63, 3.8) is 0 Å². The van der Waals surface area contributed by atoms with E-state index in [-0.39, 0.29) is 36.0 Å². The molecule has 3 aromatic rings. The Morgan fingerprint density at radius 2 is 1.79 bits per heavy atom. The van der Waals surface area contributed by atoms with Gasteiger partial charge in [-0.05, 0) is 60.7 Å². The second-order valence-corrected chi connectivity index (χ2v) is 17.4. The highest BCUT2D eigenvalue weighted by Crippen LogP contribution is 2.60. The molecule has 2 fully saturated rings. The Balaban J connectivity index is 1.36. The molecule has 0 aromatic heterocycles. The summed E-state index contributed by atoms with van der Waals surface area (Å²) in [4.78, 5) is 31.1. The van der Waals surface area contributed by atoms with Crippen molar-refractivity contribution in [1.82, 2.24) is 0 Å². The van der Waals surface area contributed by atoms with Crippen LogP contribution in [0.3, 0.4) is 0 Å². The van der Waals surface area contributed by atoms with Gasteiger partial charge in [0.1, 0.15) is 5.75 Å². The van der Waals surface area contributed by atoms with Crippen molar-refractivity contribution in [2.75, 3.05) is 30.1 Å². The van der Waals surface area contributed by atoms with E-state index in [9.17, 15) is 14.7 Å². The van der Waals surface area contributed by atoms with Gasteiger partial charge in [-0.3, -0.25) is 9.59 Å². The van der Waals surface area contributed by atoms with E-state index in [4.69, 9.17) is 9.47 Å². The van der Waals surface area contributed by atoms with E-state index in [0.29, 0.717) is 19.4 Å². The summed E-state index contributed by atoms with van der Waals surface area (Å²) in [6, 6.07) is 24.3. The van der Waals surface area contributed by atoms with E-state index in [1.54, 1.807) is 7.11 Å². The number of methoxy groups -OCH3 is 1. The number of carbonyl (C=O) groups is 2. The number of benzene rings is 3. The first-order chi connectivity index (χ1) is 20.7. The number of aliphatic hydroxyl groups excluding tert-OH is 1. The molecule has 8 heteroatoms. The predicted molar refractivity (Wildman–Crippen MR) is 172 cm³/mol. The lowest BCUT2D eigenvalue weighted by Gasteiger charge is -2.37. The summed E-state index contributed by atoms with van der Waals surface area (Å²) in [5.74, 6) is 0.814. The van der Waals surface area contributed by atoms with E-state index in [1.807, 2.05) is 70.5 Å². The summed E-state index contributed by atoms with van der Waals surface area (Å²) < 4.78 is 12.4. The van der Waals surface area contributed by atoms with Gasteiger partial charge in [0.25, 0.3) is 5.91 Å². The Morgan fingerprint density at radius 1 is 1.02 bits per heavy atom. The van der Waals surface area contributed by atoms with E-state index in [0.717, 1.165) is 47.6 Å². The average molecular weight is 599 g/mol. The van der Waals surface area contributed by atoms with Crippen molar-refractivity contribution in [1.29, 1.82) is 0 Å². The maximum atomic E-state index is 14.8. The number of hydrogen-bond acceptors (Lipinski definition) is 5. The van der Waals surface area contributed by atoms with E-state index < -0.39 is 13.7 Å². The minimum absolute atomic E-state index is 0.00137. The highest BCUT2D eigenvalue weighted by atomic mass is 28.3. The highest BCUT2D eigenvalue weighted by Gasteiger charge is 2.66. The molecule has 3 aliphatic rings. The fraction of sp³-hybridized carbons (Fsp3) is 0.429. The Morgan fingerprint density at radius 3 is 2.51 bits per heavy atom. The number of ether oxygens (including phenoxy) is 2. The number of piperidine rings is 1.